The minimum Gasteiger partial charge on any atom is -0.481 e. The number of allylic oxidation sites excluding steroid dienone is 1. The molecule has 0 spiro atoms. The van der Waals surface area contributed by atoms with Gasteiger partial charge in [-0.05, 0) is 54.6 Å². The molecule has 0 bridgehead atoms. The Kier molecular flexibility index (Phi) is 7.65. The van der Waals surface area contributed by atoms with Gasteiger partial charge in [-0.3, -0.25) is 9.59 Å². The fourth-order valence-corrected chi connectivity index (χ4v) is 5.31. The van der Waals surface area contributed by atoms with Crippen LogP contribution in [0.5, 0.6) is 0 Å². The Hall–Kier alpha value is -2.63. The summed E-state index contributed by atoms with van der Waals surface area (Å²) >= 11 is 0. The van der Waals surface area contributed by atoms with Gasteiger partial charge in [0.1, 0.15) is 5.82 Å². The van der Waals surface area contributed by atoms with Gasteiger partial charge in [-0.1, -0.05) is 51.5 Å². The SMILES string of the molecule is CC1=CC(CNC(=O)CC(C)(C)CC(=O)O)C(C(C)C)CC1Cc1nc2ccccc2n1C. The zero-order valence-corrected chi connectivity index (χ0v) is 20.9. The number of amides is 1. The third kappa shape index (κ3) is 6.24. The number of hydrogen-bond donors (Lipinski definition) is 2. The second-order valence-corrected chi connectivity index (χ2v) is 10.9. The summed E-state index contributed by atoms with van der Waals surface area (Å²) in [6, 6.07) is 8.26. The Bertz CT molecular complexity index is 1030. The number of carboxylic acid groups (broad SMARTS) is 1. The molecule has 2 aromatic rings. The number of nitrogens with zero attached hydrogens (tertiary/aromatic N) is 2. The first-order chi connectivity index (χ1) is 15.5. The molecule has 3 unspecified atom stereocenters. The summed E-state index contributed by atoms with van der Waals surface area (Å²) in [6.07, 6.45) is 4.55. The molecule has 33 heavy (non-hydrogen) atoms. The van der Waals surface area contributed by atoms with Gasteiger partial charge < -0.3 is 15.0 Å². The Balaban J connectivity index is 1.68. The van der Waals surface area contributed by atoms with Crippen LogP contribution in [0.25, 0.3) is 11.0 Å². The van der Waals surface area contributed by atoms with E-state index in [9.17, 15) is 9.59 Å². The lowest BCUT2D eigenvalue weighted by atomic mass is 9.69. The largest absolute Gasteiger partial charge is 0.481 e. The standard InChI is InChI=1S/C27H39N3O3/c1-17(2)21-12-19(13-24-29-22-9-7-8-10-23(22)30(24)6)18(3)11-20(21)16-28-25(31)14-27(4,5)15-26(32)33/h7-11,17,19-21H,12-16H2,1-6H3,(H,28,31)(H,32,33). The van der Waals surface area contributed by atoms with Crippen molar-refractivity contribution in [3.63, 3.8) is 0 Å². The third-order valence-corrected chi connectivity index (χ3v) is 7.20. The maximum absolute atomic E-state index is 12.5. The zero-order valence-electron chi connectivity index (χ0n) is 20.9. The summed E-state index contributed by atoms with van der Waals surface area (Å²) in [4.78, 5) is 28.5. The Labute approximate surface area is 197 Å². The number of fused-ring (bicyclic) bond motifs is 1. The van der Waals surface area contributed by atoms with Crippen LogP contribution >= 0.6 is 0 Å². The van der Waals surface area contributed by atoms with Crippen LogP contribution in [-0.2, 0) is 23.1 Å². The van der Waals surface area contributed by atoms with Gasteiger partial charge in [0, 0.05) is 26.4 Å². The molecule has 180 valence electrons. The average Bonchev–Trinajstić information content (AvgIpc) is 3.02. The van der Waals surface area contributed by atoms with Crippen molar-refractivity contribution >= 4 is 22.9 Å². The van der Waals surface area contributed by atoms with Gasteiger partial charge in [0.05, 0.1) is 17.5 Å². The molecule has 1 amide bonds. The molecule has 6 heteroatoms. The van der Waals surface area contributed by atoms with Gasteiger partial charge in [0.15, 0.2) is 0 Å². The highest BCUT2D eigenvalue weighted by atomic mass is 16.4. The lowest BCUT2D eigenvalue weighted by Gasteiger charge is -2.37. The third-order valence-electron chi connectivity index (χ3n) is 7.20. The van der Waals surface area contributed by atoms with E-state index in [0.29, 0.717) is 24.3 Å². The van der Waals surface area contributed by atoms with Crippen LogP contribution in [0.3, 0.4) is 0 Å². The number of carbonyl (C=O) groups excluding carboxylic acids is 1. The zero-order chi connectivity index (χ0) is 24.3. The molecule has 1 heterocycles. The molecule has 3 rings (SSSR count). The van der Waals surface area contributed by atoms with Gasteiger partial charge in [0.25, 0.3) is 0 Å². The number of carboxylic acids is 1. The number of aromatic nitrogens is 2. The van der Waals surface area contributed by atoms with E-state index in [4.69, 9.17) is 10.1 Å². The van der Waals surface area contributed by atoms with Gasteiger partial charge in [-0.25, -0.2) is 4.98 Å². The number of carbonyl (C=O) groups is 2. The highest BCUT2D eigenvalue weighted by Crippen LogP contribution is 2.39. The number of para-hydroxylation sites is 2. The average molecular weight is 454 g/mol. The predicted molar refractivity (Wildman–Crippen MR) is 132 cm³/mol. The van der Waals surface area contributed by atoms with Crippen molar-refractivity contribution in [1.82, 2.24) is 14.9 Å². The fourth-order valence-electron chi connectivity index (χ4n) is 5.31. The van der Waals surface area contributed by atoms with Crippen LogP contribution in [0.1, 0.15) is 59.7 Å². The second kappa shape index (κ2) is 10.1. The van der Waals surface area contributed by atoms with Crippen LogP contribution in [0.2, 0.25) is 0 Å². The van der Waals surface area contributed by atoms with Gasteiger partial charge in [0.2, 0.25) is 5.91 Å². The number of hydrogen-bond acceptors (Lipinski definition) is 3. The highest BCUT2D eigenvalue weighted by molar-refractivity contribution is 5.78. The molecule has 6 nitrogen and oxygen atoms in total. The highest BCUT2D eigenvalue weighted by Gasteiger charge is 2.33. The molecule has 1 aliphatic rings. The van der Waals surface area contributed by atoms with Crippen LogP contribution in [0.4, 0.5) is 0 Å². The molecule has 0 radical (unpaired) electrons. The number of nitrogens with one attached hydrogen (secondary N) is 1. The van der Waals surface area contributed by atoms with E-state index < -0.39 is 11.4 Å². The number of imidazole rings is 1. The minimum atomic E-state index is -0.870. The van der Waals surface area contributed by atoms with Crippen molar-refractivity contribution in [3.8, 4) is 0 Å². The van der Waals surface area contributed by atoms with Crippen molar-refractivity contribution in [3.05, 3.63) is 41.7 Å². The maximum atomic E-state index is 12.5. The fraction of sp³-hybridized carbons (Fsp3) is 0.593. The van der Waals surface area contributed by atoms with Gasteiger partial charge in [-0.15, -0.1) is 0 Å². The van der Waals surface area contributed by atoms with E-state index in [0.717, 1.165) is 29.7 Å². The smallest absolute Gasteiger partial charge is 0.303 e. The van der Waals surface area contributed by atoms with Crippen LogP contribution in [0, 0.1) is 29.1 Å². The molecule has 0 saturated heterocycles. The van der Waals surface area contributed by atoms with Crippen molar-refractivity contribution in [2.24, 2.45) is 36.1 Å². The van der Waals surface area contributed by atoms with Crippen LogP contribution < -0.4 is 5.32 Å². The lowest BCUT2D eigenvalue weighted by Crippen LogP contribution is -2.38. The molecular weight excluding hydrogens is 414 g/mol. The van der Waals surface area contributed by atoms with Crippen molar-refractivity contribution in [2.75, 3.05) is 6.54 Å². The quantitative estimate of drug-likeness (QED) is 0.525. The molecule has 1 aromatic carbocycles. The summed E-state index contributed by atoms with van der Waals surface area (Å²) in [5, 5.41) is 12.1. The van der Waals surface area contributed by atoms with Gasteiger partial charge in [-0.2, -0.15) is 0 Å². The van der Waals surface area contributed by atoms with E-state index in [2.05, 4.69) is 62.0 Å². The van der Waals surface area contributed by atoms with E-state index in [1.807, 2.05) is 19.9 Å². The molecule has 1 aliphatic carbocycles. The Morgan fingerprint density at radius 1 is 1.24 bits per heavy atom. The molecule has 0 saturated carbocycles. The van der Waals surface area contributed by atoms with E-state index in [-0.39, 0.29) is 24.7 Å². The predicted octanol–water partition coefficient (Wildman–Crippen LogP) is 4.98. The second-order valence-electron chi connectivity index (χ2n) is 10.9. The van der Waals surface area contributed by atoms with E-state index in [1.54, 1.807) is 0 Å². The van der Waals surface area contributed by atoms with E-state index >= 15 is 0 Å². The summed E-state index contributed by atoms with van der Waals surface area (Å²) < 4.78 is 2.21. The summed E-state index contributed by atoms with van der Waals surface area (Å²) in [7, 11) is 2.09. The van der Waals surface area contributed by atoms with E-state index in [1.165, 1.54) is 5.57 Å². The summed E-state index contributed by atoms with van der Waals surface area (Å²) in [6.45, 7) is 11.0. The topological polar surface area (TPSA) is 84.2 Å². The Morgan fingerprint density at radius 2 is 1.94 bits per heavy atom. The van der Waals surface area contributed by atoms with Crippen molar-refractivity contribution in [2.45, 2.75) is 60.3 Å². The first-order valence-electron chi connectivity index (χ1n) is 12.0. The first kappa shape index (κ1) is 25.0. The molecule has 3 atom stereocenters. The van der Waals surface area contributed by atoms with Gasteiger partial charge >= 0.3 is 5.97 Å². The summed E-state index contributed by atoms with van der Waals surface area (Å²) in [5.74, 6) is 1.87. The lowest BCUT2D eigenvalue weighted by molar-refractivity contribution is -0.139. The van der Waals surface area contributed by atoms with Crippen molar-refractivity contribution < 1.29 is 14.7 Å². The monoisotopic (exact) mass is 453 g/mol. The normalized spacial score (nSPS) is 21.3. The maximum Gasteiger partial charge on any atom is 0.303 e. The van der Waals surface area contributed by atoms with Crippen LogP contribution in [0.15, 0.2) is 35.9 Å². The number of aryl methyl sites for hydroxylation is 1. The van der Waals surface area contributed by atoms with Crippen molar-refractivity contribution in [1.29, 1.82) is 0 Å². The minimum absolute atomic E-state index is 0.0125. The molecule has 2 N–H and O–H groups in total. The molecule has 0 aliphatic heterocycles. The number of rotatable bonds is 9. The number of aliphatic carboxylic acids is 1. The molecule has 1 aromatic heterocycles. The molecule has 0 fully saturated rings. The Morgan fingerprint density at radius 3 is 2.58 bits per heavy atom. The van der Waals surface area contributed by atoms with Crippen LogP contribution in [-0.4, -0.2) is 33.1 Å². The summed E-state index contributed by atoms with van der Waals surface area (Å²) in [5.41, 5.74) is 3.02. The first-order valence-corrected chi connectivity index (χ1v) is 12.0. The number of benzene rings is 1. The molecular formula is C27H39N3O3.